The van der Waals surface area contributed by atoms with Crippen molar-refractivity contribution in [2.24, 2.45) is 11.8 Å². The summed E-state index contributed by atoms with van der Waals surface area (Å²) in [5.41, 5.74) is 15.2. The molecule has 0 aliphatic heterocycles. The molecule has 0 saturated carbocycles. The number of fused-ring (bicyclic) bond motifs is 14. The maximum atomic E-state index is 2.75. The Labute approximate surface area is 284 Å². The van der Waals surface area contributed by atoms with E-state index in [2.05, 4.69) is 151 Å². The van der Waals surface area contributed by atoms with Gasteiger partial charge in [-0.05, 0) is 112 Å². The van der Waals surface area contributed by atoms with Gasteiger partial charge in [-0.25, -0.2) is 0 Å². The quantitative estimate of drug-likeness (QED) is 0.206. The summed E-state index contributed by atoms with van der Waals surface area (Å²) in [6.07, 6.45) is 30.9. The van der Waals surface area contributed by atoms with E-state index < -0.39 is 0 Å². The number of rotatable bonds is 3. The number of allylic oxidation sites excluding steroid dienone is 7. The van der Waals surface area contributed by atoms with E-state index in [0.29, 0.717) is 41.7 Å². The van der Waals surface area contributed by atoms with Gasteiger partial charge in [-0.15, -0.1) is 0 Å². The molecule has 0 heterocycles. The monoisotopic (exact) mass is 619 g/mol. The van der Waals surface area contributed by atoms with Crippen LogP contribution < -0.4 is 4.90 Å². The fourth-order valence-corrected chi connectivity index (χ4v) is 11.7. The SMILES string of the molecule is C1=CC2c3c(cc4c5c3C=CCC5c3ccccc3-4)C3(c4ccccc4C4CC(N(c5ccccc5)C5C=CCCC5)C=CC43)C2C=C1. The first-order valence-corrected chi connectivity index (χ1v) is 18.4. The first-order valence-electron chi connectivity index (χ1n) is 18.4. The van der Waals surface area contributed by atoms with Gasteiger partial charge in [0.05, 0.1) is 0 Å². The van der Waals surface area contributed by atoms with Crippen LogP contribution in [0.25, 0.3) is 17.2 Å². The van der Waals surface area contributed by atoms with Crippen molar-refractivity contribution >= 4 is 11.8 Å². The van der Waals surface area contributed by atoms with Gasteiger partial charge in [0.1, 0.15) is 0 Å². The third kappa shape index (κ3) is 3.47. The van der Waals surface area contributed by atoms with E-state index >= 15 is 0 Å². The van der Waals surface area contributed by atoms with Gasteiger partial charge >= 0.3 is 0 Å². The summed E-state index contributed by atoms with van der Waals surface area (Å²) in [6.45, 7) is 0. The highest BCUT2D eigenvalue weighted by molar-refractivity contribution is 5.88. The minimum atomic E-state index is -0.0871. The molecule has 1 nitrogen and oxygen atoms in total. The summed E-state index contributed by atoms with van der Waals surface area (Å²) in [5.74, 6) is 2.17. The molecule has 4 aromatic rings. The molecule has 8 unspecified atom stereocenters. The van der Waals surface area contributed by atoms with E-state index in [9.17, 15) is 0 Å². The summed E-state index contributed by atoms with van der Waals surface area (Å²) in [5, 5.41) is 0. The first kappa shape index (κ1) is 27.3. The standard InChI is InChI=1S/C47H41N/c1-3-14-30(15-4-1)48(31-16-5-2-6-17-31)32-26-27-43-39(28-32)35-20-9-11-24-41(35)47(43)42-25-12-10-21-37(42)46-38-23-13-22-36-33-18-7-8-19-34(33)40(45(36)38)29-44(46)47/h1,3-5,7-16,18-21,23-27,29,31-32,36-37,39,42-43H,2,6,17,22,28H2. The molecule has 0 fully saturated rings. The Balaban J connectivity index is 1.13. The fraction of sp³-hybridized carbons (Fsp3) is 0.277. The zero-order chi connectivity index (χ0) is 31.4. The summed E-state index contributed by atoms with van der Waals surface area (Å²) < 4.78 is 0. The van der Waals surface area contributed by atoms with Crippen molar-refractivity contribution < 1.29 is 0 Å². The zero-order valence-electron chi connectivity index (χ0n) is 27.4. The van der Waals surface area contributed by atoms with Crippen LogP contribution in [0.15, 0.2) is 140 Å². The molecule has 0 radical (unpaired) electrons. The van der Waals surface area contributed by atoms with Crippen molar-refractivity contribution in [3.8, 4) is 11.1 Å². The van der Waals surface area contributed by atoms with Crippen molar-refractivity contribution in [1.29, 1.82) is 0 Å². The van der Waals surface area contributed by atoms with E-state index in [1.54, 1.807) is 27.8 Å². The topological polar surface area (TPSA) is 3.24 Å². The number of benzene rings is 4. The molecule has 1 heteroatoms. The predicted octanol–water partition coefficient (Wildman–Crippen LogP) is 11.0. The molecule has 0 saturated heterocycles. The van der Waals surface area contributed by atoms with Crippen LogP contribution in [0.4, 0.5) is 5.69 Å². The lowest BCUT2D eigenvalue weighted by molar-refractivity contribution is 0.276. The Kier molecular flexibility index (Phi) is 5.81. The molecular weight excluding hydrogens is 579 g/mol. The van der Waals surface area contributed by atoms with Crippen LogP contribution in [0, 0.1) is 11.8 Å². The molecule has 1 spiro atoms. The maximum Gasteiger partial charge on any atom is 0.0485 e. The second-order valence-corrected chi connectivity index (χ2v) is 15.3. The molecule has 234 valence electrons. The van der Waals surface area contributed by atoms with Gasteiger partial charge in [-0.2, -0.15) is 0 Å². The summed E-state index contributed by atoms with van der Waals surface area (Å²) in [6, 6.07) is 33.6. The third-order valence-corrected chi connectivity index (χ3v) is 13.3. The van der Waals surface area contributed by atoms with Crippen molar-refractivity contribution in [1.82, 2.24) is 0 Å². The lowest BCUT2D eigenvalue weighted by Gasteiger charge is -2.45. The van der Waals surface area contributed by atoms with Crippen LogP contribution in [0.2, 0.25) is 0 Å². The number of hydrogen-bond acceptors (Lipinski definition) is 1. The van der Waals surface area contributed by atoms with Gasteiger partial charge in [0.2, 0.25) is 0 Å². The Morgan fingerprint density at radius 2 is 1.48 bits per heavy atom. The molecule has 11 rings (SSSR count). The van der Waals surface area contributed by atoms with Crippen LogP contribution in [0.1, 0.15) is 88.8 Å². The molecule has 8 atom stereocenters. The summed E-state index contributed by atoms with van der Waals surface area (Å²) >= 11 is 0. The largest absolute Gasteiger partial charge is 0.359 e. The number of anilines is 1. The van der Waals surface area contributed by atoms with Crippen molar-refractivity contribution in [3.05, 3.63) is 179 Å². The van der Waals surface area contributed by atoms with Crippen LogP contribution in [0.5, 0.6) is 0 Å². The molecule has 7 aliphatic carbocycles. The molecule has 0 amide bonds. The lowest BCUT2D eigenvalue weighted by Crippen LogP contribution is -2.46. The Bertz CT molecular complexity index is 2130. The van der Waals surface area contributed by atoms with Gasteiger partial charge in [0, 0.05) is 40.9 Å². The summed E-state index contributed by atoms with van der Waals surface area (Å²) in [4.78, 5) is 2.75. The molecule has 0 bridgehead atoms. The summed E-state index contributed by atoms with van der Waals surface area (Å²) in [7, 11) is 0. The molecule has 0 aromatic heterocycles. The van der Waals surface area contributed by atoms with Crippen molar-refractivity contribution in [2.45, 2.75) is 67.4 Å². The number of nitrogens with zero attached hydrogens (tertiary/aromatic N) is 1. The fourth-order valence-electron chi connectivity index (χ4n) is 11.7. The van der Waals surface area contributed by atoms with E-state index in [4.69, 9.17) is 0 Å². The first-order chi connectivity index (χ1) is 23.8. The molecule has 7 aliphatic rings. The average Bonchev–Trinajstić information content (AvgIpc) is 3.75. The normalized spacial score (nSPS) is 32.0. The van der Waals surface area contributed by atoms with Crippen LogP contribution >= 0.6 is 0 Å². The minimum absolute atomic E-state index is 0.0871. The van der Waals surface area contributed by atoms with Gasteiger partial charge < -0.3 is 4.90 Å². The van der Waals surface area contributed by atoms with Crippen LogP contribution in [0.3, 0.4) is 0 Å². The third-order valence-electron chi connectivity index (χ3n) is 13.3. The van der Waals surface area contributed by atoms with E-state index in [-0.39, 0.29) is 5.41 Å². The number of para-hydroxylation sites is 1. The second kappa shape index (κ2) is 10.2. The highest BCUT2D eigenvalue weighted by Gasteiger charge is 2.63. The molecule has 4 aromatic carbocycles. The molecular formula is C47H41N. The Morgan fingerprint density at radius 1 is 0.646 bits per heavy atom. The smallest absolute Gasteiger partial charge is 0.0485 e. The van der Waals surface area contributed by atoms with Crippen LogP contribution in [-0.2, 0) is 5.41 Å². The minimum Gasteiger partial charge on any atom is -0.359 e. The molecule has 0 N–H and O–H groups in total. The maximum absolute atomic E-state index is 2.75. The lowest BCUT2D eigenvalue weighted by atomic mass is 9.60. The van der Waals surface area contributed by atoms with Crippen LogP contribution in [-0.4, -0.2) is 12.1 Å². The predicted molar refractivity (Wildman–Crippen MR) is 199 cm³/mol. The zero-order valence-corrected chi connectivity index (χ0v) is 27.4. The average molecular weight is 620 g/mol. The molecule has 48 heavy (non-hydrogen) atoms. The van der Waals surface area contributed by atoms with Gasteiger partial charge in [-0.3, -0.25) is 0 Å². The van der Waals surface area contributed by atoms with Gasteiger partial charge in [0.15, 0.2) is 0 Å². The number of hydrogen-bond donors (Lipinski definition) is 0. The Hall–Kier alpha value is -4.62. The highest BCUT2D eigenvalue weighted by atomic mass is 15.2. The van der Waals surface area contributed by atoms with Gasteiger partial charge in [-0.1, -0.05) is 127 Å². The van der Waals surface area contributed by atoms with Gasteiger partial charge in [0.25, 0.3) is 0 Å². The van der Waals surface area contributed by atoms with E-state index in [0.717, 1.165) is 12.8 Å². The van der Waals surface area contributed by atoms with Crippen molar-refractivity contribution in [2.75, 3.05) is 4.90 Å². The van der Waals surface area contributed by atoms with Crippen molar-refractivity contribution in [3.63, 3.8) is 0 Å². The second-order valence-electron chi connectivity index (χ2n) is 15.3. The Morgan fingerprint density at radius 3 is 2.38 bits per heavy atom. The van der Waals surface area contributed by atoms with E-state index in [1.165, 1.54) is 47.2 Å². The van der Waals surface area contributed by atoms with E-state index in [1.807, 2.05) is 0 Å². The highest BCUT2D eigenvalue weighted by Crippen LogP contribution is 2.70.